The molecule has 114 valence electrons. The van der Waals surface area contributed by atoms with E-state index in [9.17, 15) is 10.2 Å². The maximum Gasteiger partial charge on any atom is 0.0898 e. The summed E-state index contributed by atoms with van der Waals surface area (Å²) in [6.07, 6.45) is 0.0656. The number of hydrogen-bond donors (Lipinski definition) is 3. The number of aliphatic hydroxyl groups excluding tert-OH is 1. The van der Waals surface area contributed by atoms with E-state index in [1.807, 2.05) is 44.2 Å². The molecule has 3 atom stereocenters. The van der Waals surface area contributed by atoms with Crippen LogP contribution >= 0.6 is 0 Å². The summed E-state index contributed by atoms with van der Waals surface area (Å²) in [6.45, 7) is 6.84. The lowest BCUT2D eigenvalue weighted by Crippen LogP contribution is -2.41. The van der Waals surface area contributed by atoms with Gasteiger partial charge in [0, 0.05) is 13.1 Å². The van der Waals surface area contributed by atoms with Gasteiger partial charge in [-0.05, 0) is 25.8 Å². The lowest BCUT2D eigenvalue weighted by Gasteiger charge is -2.23. The molecule has 3 unspecified atom stereocenters. The normalized spacial score (nSPS) is 17.4. The highest BCUT2D eigenvalue weighted by Gasteiger charge is 2.17. The molecule has 3 N–H and O–H groups in total. The monoisotopic (exact) mass is 281 g/mol. The van der Waals surface area contributed by atoms with Gasteiger partial charge < -0.3 is 20.3 Å². The lowest BCUT2D eigenvalue weighted by atomic mass is 10.0. The largest absolute Gasteiger partial charge is 0.389 e. The van der Waals surface area contributed by atoms with Gasteiger partial charge in [-0.3, -0.25) is 0 Å². The Kier molecular flexibility index (Phi) is 7.16. The highest BCUT2D eigenvalue weighted by Crippen LogP contribution is 2.15. The van der Waals surface area contributed by atoms with Crippen LogP contribution < -0.4 is 5.32 Å². The minimum atomic E-state index is -0.724. The minimum Gasteiger partial charge on any atom is -0.389 e. The van der Waals surface area contributed by atoms with Crippen molar-refractivity contribution in [2.24, 2.45) is 0 Å². The van der Waals surface area contributed by atoms with Crippen LogP contribution in [0.4, 0.5) is 0 Å². The summed E-state index contributed by atoms with van der Waals surface area (Å²) in [4.78, 5) is 0. The van der Waals surface area contributed by atoms with Crippen molar-refractivity contribution in [2.75, 3.05) is 19.7 Å². The predicted molar refractivity (Wildman–Crippen MR) is 80.6 cm³/mol. The number of rotatable bonds is 9. The van der Waals surface area contributed by atoms with Crippen LogP contribution in [0.15, 0.2) is 30.3 Å². The summed E-state index contributed by atoms with van der Waals surface area (Å²) in [5, 5.41) is 22.7. The van der Waals surface area contributed by atoms with Gasteiger partial charge in [0.15, 0.2) is 0 Å². The average Bonchev–Trinajstić information content (AvgIpc) is 2.45. The molecule has 0 fully saturated rings. The quantitative estimate of drug-likeness (QED) is 0.647. The van der Waals surface area contributed by atoms with Gasteiger partial charge in [-0.25, -0.2) is 0 Å². The van der Waals surface area contributed by atoms with Gasteiger partial charge in [0.2, 0.25) is 0 Å². The van der Waals surface area contributed by atoms with E-state index >= 15 is 0 Å². The van der Waals surface area contributed by atoms with Crippen molar-refractivity contribution < 1.29 is 14.9 Å². The van der Waals surface area contributed by atoms with Crippen molar-refractivity contribution in [3.8, 4) is 0 Å². The minimum absolute atomic E-state index is 0.0374. The molecule has 0 aliphatic heterocycles. The van der Waals surface area contributed by atoms with Crippen LogP contribution in [0, 0.1) is 0 Å². The summed E-state index contributed by atoms with van der Waals surface area (Å²) in [6, 6.07) is 9.93. The summed E-state index contributed by atoms with van der Waals surface area (Å²) in [5.74, 6) is 0. The van der Waals surface area contributed by atoms with Crippen LogP contribution in [0.5, 0.6) is 0 Å². The van der Waals surface area contributed by atoms with Gasteiger partial charge >= 0.3 is 0 Å². The van der Waals surface area contributed by atoms with Crippen LogP contribution in [-0.2, 0) is 4.74 Å². The smallest absolute Gasteiger partial charge is 0.0898 e. The van der Waals surface area contributed by atoms with Crippen molar-refractivity contribution in [1.82, 2.24) is 5.32 Å². The third-order valence-corrected chi connectivity index (χ3v) is 3.46. The fraction of sp³-hybridized carbons (Fsp3) is 0.625. The van der Waals surface area contributed by atoms with Crippen LogP contribution in [0.2, 0.25) is 0 Å². The Bertz CT molecular complexity index is 367. The number of ether oxygens (including phenoxy) is 1. The van der Waals surface area contributed by atoms with Gasteiger partial charge in [-0.15, -0.1) is 0 Å². The first kappa shape index (κ1) is 17.1. The molecule has 0 saturated heterocycles. The maximum absolute atomic E-state index is 9.85. The second-order valence-electron chi connectivity index (χ2n) is 5.52. The molecule has 0 aliphatic carbocycles. The van der Waals surface area contributed by atoms with E-state index in [4.69, 9.17) is 4.74 Å². The number of hydrogen-bond acceptors (Lipinski definition) is 4. The SMILES string of the molecule is CCC(C)(O)CNCC(O)COC(C)c1ccccc1. The molecule has 0 bridgehead atoms. The molecule has 4 heteroatoms. The number of benzene rings is 1. The van der Waals surface area contributed by atoms with E-state index in [0.29, 0.717) is 19.5 Å². The van der Waals surface area contributed by atoms with Gasteiger partial charge in [0.05, 0.1) is 24.4 Å². The average molecular weight is 281 g/mol. The number of aliphatic hydroxyl groups is 2. The molecule has 0 aliphatic rings. The molecular formula is C16H27NO3. The van der Waals surface area contributed by atoms with Gasteiger partial charge in [-0.1, -0.05) is 37.3 Å². The van der Waals surface area contributed by atoms with Crippen molar-refractivity contribution in [3.05, 3.63) is 35.9 Å². The van der Waals surface area contributed by atoms with Crippen molar-refractivity contribution in [1.29, 1.82) is 0 Å². The molecule has 0 saturated carbocycles. The summed E-state index contributed by atoms with van der Waals surface area (Å²) in [5.41, 5.74) is 0.374. The molecule has 1 aromatic carbocycles. The Balaban J connectivity index is 2.21. The molecule has 0 aromatic heterocycles. The van der Waals surface area contributed by atoms with Gasteiger partial charge in [-0.2, -0.15) is 0 Å². The van der Waals surface area contributed by atoms with Crippen LogP contribution in [0.1, 0.15) is 38.9 Å². The molecule has 0 amide bonds. The molecule has 1 rings (SSSR count). The fourth-order valence-corrected chi connectivity index (χ4v) is 1.77. The van der Waals surface area contributed by atoms with E-state index in [1.54, 1.807) is 6.92 Å². The molecule has 20 heavy (non-hydrogen) atoms. The first-order valence-corrected chi connectivity index (χ1v) is 7.22. The van der Waals surface area contributed by atoms with Crippen molar-refractivity contribution >= 4 is 0 Å². The van der Waals surface area contributed by atoms with E-state index in [-0.39, 0.29) is 12.7 Å². The zero-order chi connectivity index (χ0) is 15.0. The molecular weight excluding hydrogens is 254 g/mol. The second kappa shape index (κ2) is 8.37. The Hall–Kier alpha value is -0.940. The van der Waals surface area contributed by atoms with Gasteiger partial charge in [0.1, 0.15) is 0 Å². The fourth-order valence-electron chi connectivity index (χ4n) is 1.77. The Labute approximate surface area is 121 Å². The van der Waals surface area contributed by atoms with Crippen molar-refractivity contribution in [2.45, 2.75) is 45.0 Å². The number of nitrogens with one attached hydrogen (secondary N) is 1. The van der Waals surface area contributed by atoms with Crippen molar-refractivity contribution in [3.63, 3.8) is 0 Å². The van der Waals surface area contributed by atoms with Gasteiger partial charge in [0.25, 0.3) is 0 Å². The third kappa shape index (κ3) is 6.48. The zero-order valence-electron chi connectivity index (χ0n) is 12.7. The Morgan fingerprint density at radius 1 is 1.30 bits per heavy atom. The molecule has 0 heterocycles. The van der Waals surface area contributed by atoms with Crippen LogP contribution in [0.3, 0.4) is 0 Å². The Morgan fingerprint density at radius 3 is 2.55 bits per heavy atom. The first-order chi connectivity index (χ1) is 9.44. The first-order valence-electron chi connectivity index (χ1n) is 7.22. The van der Waals surface area contributed by atoms with E-state index in [1.165, 1.54) is 0 Å². The third-order valence-electron chi connectivity index (χ3n) is 3.46. The molecule has 4 nitrogen and oxygen atoms in total. The summed E-state index contributed by atoms with van der Waals surface area (Å²) >= 11 is 0. The highest BCUT2D eigenvalue weighted by molar-refractivity contribution is 5.16. The molecule has 0 spiro atoms. The molecule has 1 aromatic rings. The van der Waals surface area contributed by atoms with E-state index in [0.717, 1.165) is 5.56 Å². The second-order valence-corrected chi connectivity index (χ2v) is 5.52. The van der Waals surface area contributed by atoms with E-state index < -0.39 is 11.7 Å². The standard InChI is InChI=1S/C16H27NO3/c1-4-16(3,19)12-17-10-15(18)11-20-13(2)14-8-6-5-7-9-14/h5-9,13,15,17-19H,4,10-12H2,1-3H3. The topological polar surface area (TPSA) is 61.7 Å². The highest BCUT2D eigenvalue weighted by atomic mass is 16.5. The zero-order valence-corrected chi connectivity index (χ0v) is 12.7. The van der Waals surface area contributed by atoms with Crippen LogP contribution in [0.25, 0.3) is 0 Å². The van der Waals surface area contributed by atoms with Crippen LogP contribution in [-0.4, -0.2) is 41.6 Å². The molecule has 0 radical (unpaired) electrons. The summed E-state index contributed by atoms with van der Waals surface area (Å²) in [7, 11) is 0. The predicted octanol–water partition coefficient (Wildman–Crippen LogP) is 1.88. The lowest BCUT2D eigenvalue weighted by molar-refractivity contribution is -0.00575. The Morgan fingerprint density at radius 2 is 1.95 bits per heavy atom. The maximum atomic E-state index is 9.85. The van der Waals surface area contributed by atoms with E-state index in [2.05, 4.69) is 5.32 Å². The summed E-state index contributed by atoms with van der Waals surface area (Å²) < 4.78 is 5.65.